The van der Waals surface area contributed by atoms with Crippen LogP contribution >= 0.6 is 0 Å². The van der Waals surface area contributed by atoms with Crippen molar-refractivity contribution in [1.82, 2.24) is 14.8 Å². The second-order valence-electron chi connectivity index (χ2n) is 6.16. The van der Waals surface area contributed by atoms with Crippen LogP contribution in [-0.2, 0) is 6.54 Å². The summed E-state index contributed by atoms with van der Waals surface area (Å²) in [5.74, 6) is 0.938. The number of carbonyl (C=O) groups is 1. The van der Waals surface area contributed by atoms with E-state index in [1.54, 1.807) is 55.6 Å². The molecule has 0 saturated heterocycles. The number of anilines is 1. The fraction of sp³-hybridized carbons (Fsp3) is 0.0952. The van der Waals surface area contributed by atoms with E-state index < -0.39 is 0 Å². The third-order valence-electron chi connectivity index (χ3n) is 4.24. The molecule has 2 aromatic heterocycles. The van der Waals surface area contributed by atoms with Gasteiger partial charge < -0.3 is 14.5 Å². The topological polar surface area (TPSA) is 82.2 Å². The van der Waals surface area contributed by atoms with Crippen molar-refractivity contribution >= 4 is 11.9 Å². The number of benzene rings is 2. The van der Waals surface area contributed by atoms with Crippen LogP contribution in [0.3, 0.4) is 0 Å². The van der Waals surface area contributed by atoms with Gasteiger partial charge in [0.2, 0.25) is 11.8 Å². The molecule has 0 saturated carbocycles. The quantitative estimate of drug-likeness (QED) is 0.534. The third-order valence-corrected chi connectivity index (χ3v) is 4.24. The average molecular weight is 392 g/mol. The lowest BCUT2D eigenvalue weighted by molar-refractivity contribution is 0.0947. The Morgan fingerprint density at radius 1 is 1.14 bits per heavy atom. The van der Waals surface area contributed by atoms with E-state index in [-0.39, 0.29) is 23.5 Å². The molecule has 0 bridgehead atoms. The first-order valence-corrected chi connectivity index (χ1v) is 8.82. The summed E-state index contributed by atoms with van der Waals surface area (Å²) in [4.78, 5) is 17.4. The molecule has 0 atom stereocenters. The maximum atomic E-state index is 13.1. The summed E-state index contributed by atoms with van der Waals surface area (Å²) >= 11 is 0. The van der Waals surface area contributed by atoms with Gasteiger partial charge in [-0.15, -0.1) is 5.10 Å². The Hall–Kier alpha value is -3.94. The number of ether oxygens (including phenoxy) is 1. The summed E-state index contributed by atoms with van der Waals surface area (Å²) in [6.45, 7) is 0.340. The average Bonchev–Trinajstić information content (AvgIpc) is 3.43. The molecule has 4 rings (SSSR count). The number of rotatable bonds is 6. The van der Waals surface area contributed by atoms with Crippen LogP contribution in [0.4, 0.5) is 10.3 Å². The summed E-state index contributed by atoms with van der Waals surface area (Å²) < 4.78 is 24.8. The number of methoxy groups -OCH3 is 1. The van der Waals surface area contributed by atoms with Gasteiger partial charge >= 0.3 is 0 Å². The molecule has 0 fully saturated rings. The predicted molar refractivity (Wildman–Crippen MR) is 104 cm³/mol. The van der Waals surface area contributed by atoms with E-state index in [0.717, 1.165) is 5.56 Å². The smallest absolute Gasteiger partial charge is 0.281 e. The highest BCUT2D eigenvalue weighted by Crippen LogP contribution is 2.21. The summed E-state index contributed by atoms with van der Waals surface area (Å²) in [5, 5.41) is 7.39. The lowest BCUT2D eigenvalue weighted by Crippen LogP contribution is -2.17. The molecule has 0 amide bonds. The molecule has 0 aliphatic rings. The molecule has 1 N–H and O–H groups in total. The van der Waals surface area contributed by atoms with Crippen molar-refractivity contribution in [1.29, 1.82) is 0 Å². The Morgan fingerprint density at radius 2 is 1.90 bits per heavy atom. The fourth-order valence-electron chi connectivity index (χ4n) is 2.72. The molecule has 0 aliphatic carbocycles. The van der Waals surface area contributed by atoms with Crippen LogP contribution < -0.4 is 10.1 Å². The van der Waals surface area contributed by atoms with E-state index >= 15 is 0 Å². The molecule has 29 heavy (non-hydrogen) atoms. The van der Waals surface area contributed by atoms with Crippen molar-refractivity contribution in [3.63, 3.8) is 0 Å². The van der Waals surface area contributed by atoms with Gasteiger partial charge in [-0.25, -0.2) is 4.39 Å². The van der Waals surface area contributed by atoms with Crippen LogP contribution in [0, 0.1) is 5.82 Å². The van der Waals surface area contributed by atoms with Crippen molar-refractivity contribution in [3.05, 3.63) is 83.9 Å². The molecule has 8 heteroatoms. The third kappa shape index (κ3) is 4.01. The standard InChI is InChI=1S/C21H17FN4O3/c1-28-17-10-6-15(7-11-17)20(27)26-21(23-13-14-4-8-16(22)9-5-14)24-19(25-26)18-3-2-12-29-18/h2-12H,13H2,1H3,(H,23,24,25). The van der Waals surface area contributed by atoms with E-state index in [4.69, 9.17) is 9.15 Å². The van der Waals surface area contributed by atoms with Gasteiger partial charge in [-0.05, 0) is 54.1 Å². The highest BCUT2D eigenvalue weighted by atomic mass is 19.1. The molecular formula is C21H17FN4O3. The van der Waals surface area contributed by atoms with Crippen LogP contribution in [0.15, 0.2) is 71.3 Å². The van der Waals surface area contributed by atoms with Crippen LogP contribution in [0.2, 0.25) is 0 Å². The Bertz CT molecular complexity index is 1100. The van der Waals surface area contributed by atoms with Crippen LogP contribution in [0.1, 0.15) is 15.9 Å². The molecule has 2 aromatic carbocycles. The predicted octanol–water partition coefficient (Wildman–Crippen LogP) is 3.99. The lowest BCUT2D eigenvalue weighted by Gasteiger charge is -2.08. The van der Waals surface area contributed by atoms with Gasteiger partial charge in [0.25, 0.3) is 5.91 Å². The van der Waals surface area contributed by atoms with Crippen molar-refractivity contribution in [2.75, 3.05) is 12.4 Å². The number of aromatic nitrogens is 3. The van der Waals surface area contributed by atoms with Gasteiger partial charge in [-0.3, -0.25) is 4.79 Å². The second-order valence-corrected chi connectivity index (χ2v) is 6.16. The van der Waals surface area contributed by atoms with Crippen molar-refractivity contribution < 1.29 is 18.3 Å². The lowest BCUT2D eigenvalue weighted by atomic mass is 10.2. The first-order valence-electron chi connectivity index (χ1n) is 8.82. The molecule has 4 aromatic rings. The number of carbonyl (C=O) groups excluding carboxylic acids is 1. The summed E-state index contributed by atoms with van der Waals surface area (Å²) in [6.07, 6.45) is 1.51. The zero-order chi connectivity index (χ0) is 20.2. The normalized spacial score (nSPS) is 10.7. The van der Waals surface area contributed by atoms with Gasteiger partial charge in [0.05, 0.1) is 13.4 Å². The van der Waals surface area contributed by atoms with E-state index in [0.29, 0.717) is 23.6 Å². The largest absolute Gasteiger partial charge is 0.497 e. The first-order chi connectivity index (χ1) is 14.1. The molecule has 2 heterocycles. The van der Waals surface area contributed by atoms with E-state index in [2.05, 4.69) is 15.4 Å². The molecule has 0 unspecified atom stereocenters. The minimum absolute atomic E-state index is 0.251. The van der Waals surface area contributed by atoms with E-state index in [1.807, 2.05) is 0 Å². The van der Waals surface area contributed by atoms with Crippen molar-refractivity contribution in [3.8, 4) is 17.3 Å². The SMILES string of the molecule is COc1ccc(C(=O)n2nc(-c3ccco3)nc2NCc2ccc(F)cc2)cc1. The summed E-state index contributed by atoms with van der Waals surface area (Å²) in [7, 11) is 1.56. The Kier molecular flexibility index (Phi) is 5.07. The number of hydrogen-bond acceptors (Lipinski definition) is 6. The van der Waals surface area contributed by atoms with Crippen molar-refractivity contribution in [2.24, 2.45) is 0 Å². The number of halogens is 1. The Labute approximate surface area is 165 Å². The molecule has 0 aliphatic heterocycles. The van der Waals surface area contributed by atoms with Gasteiger partial charge in [0, 0.05) is 12.1 Å². The number of nitrogens with one attached hydrogen (secondary N) is 1. The zero-order valence-corrected chi connectivity index (χ0v) is 15.5. The molecular weight excluding hydrogens is 375 g/mol. The van der Waals surface area contributed by atoms with Crippen LogP contribution in [-0.4, -0.2) is 27.8 Å². The second kappa shape index (κ2) is 7.97. The van der Waals surface area contributed by atoms with E-state index in [1.165, 1.54) is 23.1 Å². The molecule has 0 spiro atoms. The minimum atomic E-state index is -0.362. The van der Waals surface area contributed by atoms with Gasteiger partial charge in [0.1, 0.15) is 11.6 Å². The highest BCUT2D eigenvalue weighted by molar-refractivity contribution is 5.97. The monoisotopic (exact) mass is 392 g/mol. The Balaban J connectivity index is 1.64. The van der Waals surface area contributed by atoms with Gasteiger partial charge in [0.15, 0.2) is 5.76 Å². The molecule has 146 valence electrons. The van der Waals surface area contributed by atoms with Crippen LogP contribution in [0.25, 0.3) is 11.6 Å². The molecule has 7 nitrogen and oxygen atoms in total. The van der Waals surface area contributed by atoms with E-state index in [9.17, 15) is 9.18 Å². The fourth-order valence-corrected chi connectivity index (χ4v) is 2.72. The maximum Gasteiger partial charge on any atom is 0.281 e. The summed E-state index contributed by atoms with van der Waals surface area (Å²) in [5.41, 5.74) is 1.25. The number of furan rings is 1. The first kappa shape index (κ1) is 18.4. The number of nitrogens with zero attached hydrogens (tertiary/aromatic N) is 3. The zero-order valence-electron chi connectivity index (χ0n) is 15.5. The van der Waals surface area contributed by atoms with Crippen molar-refractivity contribution in [2.45, 2.75) is 6.54 Å². The highest BCUT2D eigenvalue weighted by Gasteiger charge is 2.20. The van der Waals surface area contributed by atoms with Gasteiger partial charge in [-0.1, -0.05) is 12.1 Å². The number of hydrogen-bond donors (Lipinski definition) is 1. The maximum absolute atomic E-state index is 13.1. The minimum Gasteiger partial charge on any atom is -0.497 e. The Morgan fingerprint density at radius 3 is 2.55 bits per heavy atom. The molecule has 0 radical (unpaired) electrons. The van der Waals surface area contributed by atoms with Crippen LogP contribution in [0.5, 0.6) is 5.75 Å². The van der Waals surface area contributed by atoms with Gasteiger partial charge in [-0.2, -0.15) is 9.67 Å². The summed E-state index contributed by atoms with van der Waals surface area (Å²) in [6, 6.07) is 16.2.